The minimum absolute atomic E-state index is 0. The number of nitrogens with zero attached hydrogens (tertiary/aromatic N) is 6. The zero-order valence-electron chi connectivity index (χ0n) is 27.1. The van der Waals surface area contributed by atoms with Crippen LogP contribution in [0.2, 0.25) is 5.02 Å². The van der Waals surface area contributed by atoms with Gasteiger partial charge in [-0.2, -0.15) is 21.7 Å². The van der Waals surface area contributed by atoms with Gasteiger partial charge < -0.3 is 31.6 Å². The number of likely N-dealkylation sites (N-methyl/N-ethyl adjacent to an activating group) is 1. The number of amides is 1. The number of fused-ring (bicyclic) bond motifs is 3. The number of carbonyl (C=O) groups excluding carboxylic acids is 1. The summed E-state index contributed by atoms with van der Waals surface area (Å²) in [5, 5.41) is 10.6. The van der Waals surface area contributed by atoms with E-state index in [4.69, 9.17) is 27.1 Å². The van der Waals surface area contributed by atoms with E-state index in [0.29, 0.717) is 37.2 Å². The number of likely N-dealkylation sites (tertiary alicyclic amines) is 1. The van der Waals surface area contributed by atoms with Gasteiger partial charge in [-0.3, -0.25) is 4.79 Å². The number of anilines is 2. The Kier molecular flexibility index (Phi) is 9.95. The summed E-state index contributed by atoms with van der Waals surface area (Å²) in [7, 11) is 1.88. The Balaban J connectivity index is 0.00000417. The molecule has 9 nitrogen and oxygen atoms in total. The van der Waals surface area contributed by atoms with Crippen molar-refractivity contribution in [3.8, 4) is 23.2 Å². The van der Waals surface area contributed by atoms with Gasteiger partial charge in [0.05, 0.1) is 27.4 Å². The first-order valence-electron chi connectivity index (χ1n) is 16.1. The van der Waals surface area contributed by atoms with Crippen molar-refractivity contribution in [2.24, 2.45) is 0 Å². The normalized spacial score (nSPS) is 21.9. The largest absolute Gasteiger partial charge is 0.462 e. The van der Waals surface area contributed by atoms with Crippen molar-refractivity contribution in [1.29, 1.82) is 5.26 Å². The van der Waals surface area contributed by atoms with Gasteiger partial charge in [-0.25, -0.2) is 8.78 Å². The second-order valence-electron chi connectivity index (χ2n) is 12.8. The molecule has 3 saturated heterocycles. The van der Waals surface area contributed by atoms with Crippen LogP contribution in [0.4, 0.5) is 19.6 Å². The Labute approximate surface area is 306 Å². The predicted octanol–water partition coefficient (Wildman–Crippen LogP) is 6.72. The number of nitrogen functional groups attached to an aromatic ring is 1. The molecule has 0 spiro atoms. The van der Waals surface area contributed by atoms with Crippen LogP contribution in [0.15, 0.2) is 30.9 Å². The molecular formula is C35H35ClF2N7O2SW-. The monoisotopic (exact) mass is 874 g/mol. The molecule has 2 N–H and O–H groups in total. The maximum atomic E-state index is 17.1. The number of hydrogen-bond acceptors (Lipinski definition) is 9. The van der Waals surface area contributed by atoms with E-state index in [0.717, 1.165) is 43.7 Å². The molecule has 3 aliphatic rings. The number of carbonyl (C=O) groups is 1. The van der Waals surface area contributed by atoms with Gasteiger partial charge in [0.1, 0.15) is 34.8 Å². The van der Waals surface area contributed by atoms with E-state index < -0.39 is 11.6 Å². The Morgan fingerprint density at radius 2 is 2.16 bits per heavy atom. The number of benzene rings is 2. The fourth-order valence-electron chi connectivity index (χ4n) is 8.00. The molecule has 1 amide bonds. The van der Waals surface area contributed by atoms with Gasteiger partial charge in [0, 0.05) is 56.5 Å². The molecule has 0 bridgehead atoms. The summed E-state index contributed by atoms with van der Waals surface area (Å²) < 4.78 is 38.5. The van der Waals surface area contributed by atoms with E-state index in [1.807, 2.05) is 29.8 Å². The van der Waals surface area contributed by atoms with Crippen LogP contribution < -0.4 is 15.4 Å². The first-order valence-corrected chi connectivity index (χ1v) is 17.3. The molecule has 0 aliphatic carbocycles. The van der Waals surface area contributed by atoms with Crippen LogP contribution in [0.25, 0.3) is 32.1 Å². The number of nitrogens with two attached hydrogens (primary N) is 1. The number of nitriles is 1. The van der Waals surface area contributed by atoms with E-state index in [9.17, 15) is 14.4 Å². The third-order valence-corrected chi connectivity index (χ3v) is 11.7. The van der Waals surface area contributed by atoms with Crippen molar-refractivity contribution in [3.63, 3.8) is 0 Å². The van der Waals surface area contributed by atoms with Crippen LogP contribution in [0.3, 0.4) is 0 Å². The maximum absolute atomic E-state index is 17.1. The summed E-state index contributed by atoms with van der Waals surface area (Å²) in [5.41, 5.74) is 6.18. The van der Waals surface area contributed by atoms with Gasteiger partial charge in [-0.05, 0) is 56.0 Å². The number of thiophene rings is 1. The van der Waals surface area contributed by atoms with E-state index >= 15 is 4.39 Å². The van der Waals surface area contributed by atoms with Crippen LogP contribution in [0.1, 0.15) is 44.6 Å². The second kappa shape index (κ2) is 13.7. The van der Waals surface area contributed by atoms with Gasteiger partial charge in [-0.1, -0.05) is 31.2 Å². The molecule has 3 atom stereocenters. The van der Waals surface area contributed by atoms with Crippen LogP contribution in [0.5, 0.6) is 6.01 Å². The molecule has 5 heterocycles. The van der Waals surface area contributed by atoms with Gasteiger partial charge in [-0.15, -0.1) is 17.9 Å². The molecule has 4 aromatic rings. The number of ether oxygens (including phenoxy) is 1. The Hall–Kier alpha value is -3.36. The standard InChI is InChI=1S/C35H35ClF2N7O2S.W/c1-4-24-25(10-15-45(24)26(46)5-2)43(3)33-20-16-22(36)28(19-8-9-23(37)31-27(19)21(17-39)32(40)48-31)29(38)30(20)41-34(42-33)47-18-35-11-6-13-44(35)14-7-12-35;/h5-6,8-9,16,24-25H,2,4,7,10-15,18,40H2,1,3H3;/q-1;/t24-,25?,35-;/m1./s1. The summed E-state index contributed by atoms with van der Waals surface area (Å²) in [5.74, 6) is -1.04. The smallest absolute Gasteiger partial charge is 0.319 e. The van der Waals surface area contributed by atoms with Gasteiger partial charge in [0.15, 0.2) is 5.82 Å². The first kappa shape index (κ1) is 35.5. The molecule has 0 radical (unpaired) electrons. The van der Waals surface area contributed by atoms with Crippen molar-refractivity contribution >= 4 is 60.7 Å². The SMILES string of the molecule is C=CC(=O)N1CCC(N(C)c2nc(OC[C@]34C[CH-]CN3CCC4)nc3c(F)c(-c4ccc(F)c5sc(N)c(C#N)c45)c(Cl)cc23)[C@H]1CC.[W]. The summed E-state index contributed by atoms with van der Waals surface area (Å²) in [6.45, 7) is 8.48. The third kappa shape index (κ3) is 5.77. The third-order valence-electron chi connectivity index (χ3n) is 10.3. The van der Waals surface area contributed by atoms with E-state index in [-0.39, 0.29) is 92.9 Å². The van der Waals surface area contributed by atoms with Crippen LogP contribution in [-0.2, 0) is 25.9 Å². The second-order valence-corrected chi connectivity index (χ2v) is 14.2. The minimum Gasteiger partial charge on any atom is -0.462 e. The number of rotatable bonds is 8. The van der Waals surface area contributed by atoms with Gasteiger partial charge >= 0.3 is 6.01 Å². The molecule has 7 rings (SSSR count). The molecule has 1 unspecified atom stereocenters. The zero-order valence-corrected chi connectivity index (χ0v) is 31.6. The van der Waals surface area contributed by atoms with E-state index in [1.54, 1.807) is 6.07 Å². The molecule has 3 fully saturated rings. The first-order chi connectivity index (χ1) is 23.1. The molecule has 49 heavy (non-hydrogen) atoms. The summed E-state index contributed by atoms with van der Waals surface area (Å²) >= 11 is 7.82. The molecule has 0 saturated carbocycles. The van der Waals surface area contributed by atoms with Crippen LogP contribution in [-0.4, -0.2) is 76.6 Å². The number of hydrogen-bond donors (Lipinski definition) is 1. The van der Waals surface area contributed by atoms with Gasteiger partial charge in [0.25, 0.3) is 0 Å². The Bertz CT molecular complexity index is 2010. The van der Waals surface area contributed by atoms with E-state index in [2.05, 4.69) is 22.9 Å². The van der Waals surface area contributed by atoms with Crippen molar-refractivity contribution in [3.05, 3.63) is 59.5 Å². The molecule has 3 aliphatic heterocycles. The zero-order chi connectivity index (χ0) is 33.9. The molecule has 14 heteroatoms. The average Bonchev–Trinajstić information content (AvgIpc) is 3.86. The fourth-order valence-corrected chi connectivity index (χ4v) is 9.24. The number of aromatic nitrogens is 2. The van der Waals surface area contributed by atoms with Crippen molar-refractivity contribution < 1.29 is 39.4 Å². The predicted molar refractivity (Wildman–Crippen MR) is 185 cm³/mol. The van der Waals surface area contributed by atoms with E-state index in [1.165, 1.54) is 18.2 Å². The topological polar surface area (TPSA) is 112 Å². The molecular weight excluding hydrogens is 840 g/mol. The molecule has 256 valence electrons. The molecule has 2 aromatic heterocycles. The van der Waals surface area contributed by atoms with Crippen LogP contribution in [0, 0.1) is 29.4 Å². The van der Waals surface area contributed by atoms with Crippen LogP contribution >= 0.6 is 22.9 Å². The quantitative estimate of drug-likeness (QED) is 0.154. The Morgan fingerprint density at radius 1 is 1.37 bits per heavy atom. The average molecular weight is 875 g/mol. The fraction of sp³-hybridized carbons (Fsp3) is 0.400. The Morgan fingerprint density at radius 3 is 2.90 bits per heavy atom. The summed E-state index contributed by atoms with van der Waals surface area (Å²) in [4.78, 5) is 28.4. The number of halogens is 3. The summed E-state index contributed by atoms with van der Waals surface area (Å²) in [6, 6.07) is 6.03. The summed E-state index contributed by atoms with van der Waals surface area (Å²) in [6.07, 6.45) is 7.89. The molecule has 2 aromatic carbocycles. The maximum Gasteiger partial charge on any atom is 0.319 e. The van der Waals surface area contributed by atoms with Crippen molar-refractivity contribution in [2.75, 3.05) is 43.9 Å². The minimum atomic E-state index is -0.752. The van der Waals surface area contributed by atoms with Crippen molar-refractivity contribution in [1.82, 2.24) is 19.8 Å². The van der Waals surface area contributed by atoms with Crippen molar-refractivity contribution in [2.45, 2.75) is 56.7 Å². The van der Waals surface area contributed by atoms with Gasteiger partial charge in [0.2, 0.25) is 5.91 Å².